The fourth-order valence-electron chi connectivity index (χ4n) is 0.470. The Morgan fingerprint density at radius 1 is 1.00 bits per heavy atom. The third kappa shape index (κ3) is 1.74. The molecule has 0 spiro atoms. The number of nitrogens with two attached hydrogens (primary N) is 6. The summed E-state index contributed by atoms with van der Waals surface area (Å²) in [7, 11) is 0. The van der Waals surface area contributed by atoms with Gasteiger partial charge in [-0.05, 0) is 0 Å². The van der Waals surface area contributed by atoms with Crippen molar-refractivity contribution in [2.45, 2.75) is 11.3 Å². The van der Waals surface area contributed by atoms with Crippen LogP contribution in [0.5, 0.6) is 0 Å². The van der Waals surface area contributed by atoms with Crippen molar-refractivity contribution >= 4 is 11.9 Å². The van der Waals surface area contributed by atoms with E-state index in [1.54, 1.807) is 0 Å². The third-order valence-corrected chi connectivity index (χ3v) is 1.54. The molecule has 0 saturated carbocycles. The SMILES string of the molecule is NOC(=O)C(N)(N)C(N)(N)C(N)=O. The molecule has 13 heavy (non-hydrogen) atoms. The van der Waals surface area contributed by atoms with E-state index < -0.39 is 23.2 Å². The maximum Gasteiger partial charge on any atom is 0.363 e. The molecule has 0 aromatic carbocycles. The van der Waals surface area contributed by atoms with Crippen molar-refractivity contribution in [2.24, 2.45) is 34.6 Å². The van der Waals surface area contributed by atoms with Crippen LogP contribution in [-0.4, -0.2) is 23.2 Å². The summed E-state index contributed by atoms with van der Waals surface area (Å²) < 4.78 is 0. The maximum absolute atomic E-state index is 10.8. The summed E-state index contributed by atoms with van der Waals surface area (Å²) in [6, 6.07) is 0. The molecule has 1 amide bonds. The van der Waals surface area contributed by atoms with Gasteiger partial charge in [0.25, 0.3) is 5.91 Å². The minimum atomic E-state index is -2.48. The first-order valence-corrected chi connectivity index (χ1v) is 3.04. The number of hydrogen-bond donors (Lipinski definition) is 6. The standard InChI is InChI=1S/C4H12N6O3/c5-1(11)3(6,7)4(8,9)2(12)13-10/h6-10H2,(H2,5,11). The molecule has 0 aliphatic carbocycles. The molecule has 0 heterocycles. The minimum Gasteiger partial charge on any atom is -0.371 e. The van der Waals surface area contributed by atoms with Gasteiger partial charge in [-0.25, -0.2) is 4.79 Å². The maximum atomic E-state index is 10.8. The van der Waals surface area contributed by atoms with Crippen LogP contribution < -0.4 is 34.6 Å². The molecule has 0 rings (SSSR count). The summed E-state index contributed by atoms with van der Waals surface area (Å²) in [5.74, 6) is 1.87. The Bertz CT molecular complexity index is 236. The lowest BCUT2D eigenvalue weighted by Crippen LogP contribution is -2.84. The summed E-state index contributed by atoms with van der Waals surface area (Å²) in [4.78, 5) is 25.2. The van der Waals surface area contributed by atoms with E-state index in [9.17, 15) is 9.59 Å². The van der Waals surface area contributed by atoms with Crippen molar-refractivity contribution in [3.8, 4) is 0 Å². The van der Waals surface area contributed by atoms with E-state index in [0.29, 0.717) is 0 Å². The Morgan fingerprint density at radius 3 is 1.62 bits per heavy atom. The summed E-state index contributed by atoms with van der Waals surface area (Å²) in [5.41, 5.74) is 20.3. The van der Waals surface area contributed by atoms with Gasteiger partial charge in [-0.2, -0.15) is 5.90 Å². The van der Waals surface area contributed by atoms with Crippen molar-refractivity contribution in [3.05, 3.63) is 0 Å². The van der Waals surface area contributed by atoms with Crippen LogP contribution in [0.15, 0.2) is 0 Å². The average Bonchev–Trinajstić information content (AvgIpc) is 2.02. The minimum absolute atomic E-state index is 1.26. The highest BCUT2D eigenvalue weighted by molar-refractivity contribution is 5.94. The van der Waals surface area contributed by atoms with Crippen LogP contribution >= 0.6 is 0 Å². The zero-order chi connectivity index (χ0) is 10.9. The van der Waals surface area contributed by atoms with Gasteiger partial charge in [0.1, 0.15) is 0 Å². The van der Waals surface area contributed by atoms with Gasteiger partial charge in [-0.3, -0.25) is 4.79 Å². The van der Waals surface area contributed by atoms with Crippen molar-refractivity contribution in [3.63, 3.8) is 0 Å². The zero-order valence-electron chi connectivity index (χ0n) is 6.69. The Hall–Kier alpha value is -1.26. The van der Waals surface area contributed by atoms with E-state index in [4.69, 9.17) is 28.7 Å². The highest BCUT2D eigenvalue weighted by atomic mass is 16.7. The molecule has 0 fully saturated rings. The van der Waals surface area contributed by atoms with Gasteiger partial charge in [0, 0.05) is 0 Å². The van der Waals surface area contributed by atoms with E-state index >= 15 is 0 Å². The van der Waals surface area contributed by atoms with E-state index in [1.807, 2.05) is 0 Å². The molecule has 0 aliphatic rings. The van der Waals surface area contributed by atoms with Crippen molar-refractivity contribution in [2.75, 3.05) is 0 Å². The van der Waals surface area contributed by atoms with Gasteiger partial charge in [0.15, 0.2) is 5.66 Å². The van der Waals surface area contributed by atoms with Gasteiger partial charge < -0.3 is 33.5 Å². The fraction of sp³-hybridized carbons (Fsp3) is 0.500. The monoisotopic (exact) mass is 192 g/mol. The van der Waals surface area contributed by atoms with Crippen LogP contribution in [0.2, 0.25) is 0 Å². The molecule has 0 aliphatic heterocycles. The van der Waals surface area contributed by atoms with Crippen LogP contribution in [0.1, 0.15) is 0 Å². The number of carbonyl (C=O) groups excluding carboxylic acids is 2. The molecular weight excluding hydrogens is 180 g/mol. The van der Waals surface area contributed by atoms with Crippen LogP contribution in [0, 0.1) is 0 Å². The first-order chi connectivity index (χ1) is 5.67. The first kappa shape index (κ1) is 11.7. The second-order valence-corrected chi connectivity index (χ2v) is 2.51. The lowest BCUT2D eigenvalue weighted by atomic mass is 9.95. The molecule has 0 bridgehead atoms. The summed E-state index contributed by atoms with van der Waals surface area (Å²) in [6.07, 6.45) is 0. The molecule has 0 radical (unpaired) electrons. The summed E-state index contributed by atoms with van der Waals surface area (Å²) in [6.45, 7) is 0. The molecular formula is C4H12N6O3. The van der Waals surface area contributed by atoms with Crippen molar-refractivity contribution < 1.29 is 14.4 Å². The van der Waals surface area contributed by atoms with Crippen molar-refractivity contribution in [1.82, 2.24) is 0 Å². The van der Waals surface area contributed by atoms with Gasteiger partial charge in [-0.15, -0.1) is 0 Å². The lowest BCUT2D eigenvalue weighted by molar-refractivity contribution is -0.156. The van der Waals surface area contributed by atoms with Gasteiger partial charge in [0.2, 0.25) is 5.66 Å². The number of hydrogen-bond acceptors (Lipinski definition) is 8. The van der Waals surface area contributed by atoms with Crippen LogP contribution in [0.25, 0.3) is 0 Å². The lowest BCUT2D eigenvalue weighted by Gasteiger charge is -2.33. The fourth-order valence-corrected chi connectivity index (χ4v) is 0.470. The van der Waals surface area contributed by atoms with Crippen LogP contribution in [0.3, 0.4) is 0 Å². The summed E-state index contributed by atoms with van der Waals surface area (Å²) in [5, 5.41) is 0. The molecule has 12 N–H and O–H groups in total. The van der Waals surface area contributed by atoms with E-state index in [-0.39, 0.29) is 0 Å². The van der Waals surface area contributed by atoms with Crippen LogP contribution in [0.4, 0.5) is 0 Å². The average molecular weight is 192 g/mol. The number of rotatable bonds is 3. The number of primary amides is 1. The third-order valence-electron chi connectivity index (χ3n) is 1.54. The smallest absolute Gasteiger partial charge is 0.363 e. The second kappa shape index (κ2) is 3.24. The highest BCUT2D eigenvalue weighted by Gasteiger charge is 2.52. The molecule has 0 aromatic rings. The Morgan fingerprint density at radius 2 is 1.38 bits per heavy atom. The highest BCUT2D eigenvalue weighted by Crippen LogP contribution is 2.06. The first-order valence-electron chi connectivity index (χ1n) is 3.04. The molecule has 0 unspecified atom stereocenters. The summed E-state index contributed by atoms with van der Waals surface area (Å²) >= 11 is 0. The van der Waals surface area contributed by atoms with E-state index in [1.165, 1.54) is 0 Å². The van der Waals surface area contributed by atoms with E-state index in [0.717, 1.165) is 0 Å². The Balaban J connectivity index is 5.02. The Kier molecular flexibility index (Phi) is 2.92. The molecule has 9 nitrogen and oxygen atoms in total. The number of amides is 1. The predicted molar refractivity (Wildman–Crippen MR) is 41.7 cm³/mol. The van der Waals surface area contributed by atoms with Gasteiger partial charge in [0.05, 0.1) is 0 Å². The van der Waals surface area contributed by atoms with Gasteiger partial charge >= 0.3 is 5.97 Å². The van der Waals surface area contributed by atoms with Crippen LogP contribution in [-0.2, 0) is 14.4 Å². The quantitative estimate of drug-likeness (QED) is 0.188. The number of carbonyl (C=O) groups is 2. The zero-order valence-corrected chi connectivity index (χ0v) is 6.69. The molecule has 0 aromatic heterocycles. The molecule has 0 saturated heterocycles. The molecule has 76 valence electrons. The molecule has 0 atom stereocenters. The Labute approximate surface area is 73.3 Å². The second-order valence-electron chi connectivity index (χ2n) is 2.51. The largest absolute Gasteiger partial charge is 0.371 e. The van der Waals surface area contributed by atoms with E-state index in [2.05, 4.69) is 10.7 Å². The predicted octanol–water partition coefficient (Wildman–Crippen LogP) is -4.88. The van der Waals surface area contributed by atoms with Gasteiger partial charge in [-0.1, -0.05) is 0 Å². The normalized spacial score (nSPS) is 12.4. The van der Waals surface area contributed by atoms with Crippen molar-refractivity contribution in [1.29, 1.82) is 0 Å². The topological polar surface area (TPSA) is 199 Å². The molecule has 9 heteroatoms.